The summed E-state index contributed by atoms with van der Waals surface area (Å²) in [6.07, 6.45) is 5.34. The van der Waals surface area contributed by atoms with Gasteiger partial charge < -0.3 is 20.3 Å². The molecule has 0 radical (unpaired) electrons. The number of aromatic nitrogens is 1. The number of ether oxygens (including phenoxy) is 1. The van der Waals surface area contributed by atoms with Crippen molar-refractivity contribution in [2.45, 2.75) is 45.4 Å². The fourth-order valence-electron chi connectivity index (χ4n) is 3.58. The van der Waals surface area contributed by atoms with Crippen LogP contribution in [0, 0.1) is 0 Å². The van der Waals surface area contributed by atoms with E-state index in [2.05, 4.69) is 44.6 Å². The van der Waals surface area contributed by atoms with Gasteiger partial charge in [0.2, 0.25) is 0 Å². The van der Waals surface area contributed by atoms with Crippen molar-refractivity contribution in [3.8, 4) is 5.75 Å². The highest BCUT2D eigenvalue weighted by atomic mass is 127. The van der Waals surface area contributed by atoms with Gasteiger partial charge >= 0.3 is 0 Å². The predicted molar refractivity (Wildman–Crippen MR) is 134 cm³/mol. The largest absolute Gasteiger partial charge is 0.487 e. The molecule has 1 aromatic heterocycles. The molecular weight excluding hydrogens is 489 g/mol. The lowest BCUT2D eigenvalue weighted by atomic mass is 10.1. The van der Waals surface area contributed by atoms with Gasteiger partial charge in [-0.2, -0.15) is 0 Å². The molecule has 0 bridgehead atoms. The summed E-state index contributed by atoms with van der Waals surface area (Å²) in [6.45, 7) is 6.95. The Morgan fingerprint density at radius 1 is 1.20 bits per heavy atom. The monoisotopic (exact) mass is 523 g/mol. The van der Waals surface area contributed by atoms with Crippen LogP contribution in [0.3, 0.4) is 0 Å². The number of aliphatic imine (C=N–C) groups is 1. The van der Waals surface area contributed by atoms with Crippen LogP contribution in [0.5, 0.6) is 5.75 Å². The Balaban J connectivity index is 0.00000320. The maximum absolute atomic E-state index is 5.88. The summed E-state index contributed by atoms with van der Waals surface area (Å²) in [6, 6.07) is 14.5. The first kappa shape index (κ1) is 24.4. The van der Waals surface area contributed by atoms with Crippen LogP contribution in [0.15, 0.2) is 53.7 Å². The Hall–Kier alpha value is -1.87. The van der Waals surface area contributed by atoms with Gasteiger partial charge in [-0.15, -0.1) is 24.0 Å². The van der Waals surface area contributed by atoms with Crippen molar-refractivity contribution in [1.29, 1.82) is 0 Å². The number of guanidine groups is 1. The van der Waals surface area contributed by atoms with E-state index < -0.39 is 0 Å². The van der Waals surface area contributed by atoms with E-state index in [0.717, 1.165) is 48.9 Å². The first-order chi connectivity index (χ1) is 14.3. The van der Waals surface area contributed by atoms with Crippen LogP contribution in [0.25, 0.3) is 0 Å². The molecule has 0 spiro atoms. The minimum Gasteiger partial charge on any atom is -0.487 e. The molecule has 0 amide bonds. The average Bonchev–Trinajstić information content (AvgIpc) is 2.77. The average molecular weight is 523 g/mol. The highest BCUT2D eigenvalue weighted by molar-refractivity contribution is 14.0. The van der Waals surface area contributed by atoms with E-state index in [0.29, 0.717) is 19.2 Å². The Bertz CT molecular complexity index is 763. The van der Waals surface area contributed by atoms with Gasteiger partial charge in [0.25, 0.3) is 0 Å². The van der Waals surface area contributed by atoms with E-state index in [1.165, 1.54) is 13.0 Å². The number of hydrogen-bond donors (Lipinski definition) is 2. The number of nitrogens with zero attached hydrogens (tertiary/aromatic N) is 3. The zero-order chi connectivity index (χ0) is 20.3. The van der Waals surface area contributed by atoms with Gasteiger partial charge in [-0.25, -0.2) is 0 Å². The van der Waals surface area contributed by atoms with Crippen LogP contribution in [0.4, 0.5) is 0 Å². The number of pyridine rings is 1. The summed E-state index contributed by atoms with van der Waals surface area (Å²) in [4.78, 5) is 11.2. The standard InChI is InChI=1S/C23H33N5O.HI/c1-3-13-28-14-10-20(11-15-28)27-23(24-2)26-17-19-7-6-9-22(16-19)29-18-21-8-4-5-12-25-21;/h4-9,12,16,20H,3,10-11,13-15,17-18H2,1-2H3,(H2,24,26,27);1H. The summed E-state index contributed by atoms with van der Waals surface area (Å²) in [7, 11) is 1.83. The van der Waals surface area contributed by atoms with Crippen molar-refractivity contribution in [3.05, 3.63) is 59.9 Å². The molecule has 1 saturated heterocycles. The van der Waals surface area contributed by atoms with Gasteiger partial charge in [-0.05, 0) is 55.6 Å². The van der Waals surface area contributed by atoms with Crippen LogP contribution in [0.2, 0.25) is 0 Å². The molecule has 0 aliphatic carbocycles. The van der Waals surface area contributed by atoms with Crippen LogP contribution in [-0.4, -0.2) is 48.6 Å². The third kappa shape index (κ3) is 8.10. The number of benzene rings is 1. The second kappa shape index (κ2) is 13.4. The van der Waals surface area contributed by atoms with Gasteiger partial charge in [0.1, 0.15) is 12.4 Å². The normalized spacial score (nSPS) is 15.3. The van der Waals surface area contributed by atoms with Crippen LogP contribution < -0.4 is 15.4 Å². The molecule has 0 saturated carbocycles. The van der Waals surface area contributed by atoms with Gasteiger partial charge in [-0.1, -0.05) is 25.1 Å². The Morgan fingerprint density at radius 3 is 2.73 bits per heavy atom. The Kier molecular flexibility index (Phi) is 10.9. The molecule has 30 heavy (non-hydrogen) atoms. The zero-order valence-electron chi connectivity index (χ0n) is 18.0. The predicted octanol–water partition coefficient (Wildman–Crippen LogP) is 3.82. The molecule has 6 nitrogen and oxygen atoms in total. The lowest BCUT2D eigenvalue weighted by molar-refractivity contribution is 0.206. The molecule has 1 aliphatic heterocycles. The first-order valence-corrected chi connectivity index (χ1v) is 10.6. The summed E-state index contributed by atoms with van der Waals surface area (Å²) < 4.78 is 5.88. The van der Waals surface area contributed by atoms with Crippen molar-refractivity contribution in [2.75, 3.05) is 26.7 Å². The van der Waals surface area contributed by atoms with Gasteiger partial charge in [-0.3, -0.25) is 9.98 Å². The topological polar surface area (TPSA) is 61.8 Å². The summed E-state index contributed by atoms with van der Waals surface area (Å²) >= 11 is 0. The second-order valence-electron chi connectivity index (χ2n) is 7.44. The highest BCUT2D eigenvalue weighted by Gasteiger charge is 2.19. The maximum atomic E-state index is 5.88. The van der Waals surface area contributed by atoms with E-state index in [1.807, 2.05) is 37.4 Å². The fraction of sp³-hybridized carbons (Fsp3) is 0.478. The third-order valence-electron chi connectivity index (χ3n) is 5.16. The number of piperidine rings is 1. The summed E-state index contributed by atoms with van der Waals surface area (Å²) in [5, 5.41) is 7.00. The quantitative estimate of drug-likeness (QED) is 0.313. The molecule has 3 rings (SSSR count). The molecule has 1 aliphatic rings. The summed E-state index contributed by atoms with van der Waals surface area (Å²) in [5.74, 6) is 1.71. The van der Waals surface area contributed by atoms with Crippen molar-refractivity contribution in [3.63, 3.8) is 0 Å². The molecule has 0 unspecified atom stereocenters. The highest BCUT2D eigenvalue weighted by Crippen LogP contribution is 2.15. The van der Waals surface area contributed by atoms with Crippen molar-refractivity contribution < 1.29 is 4.74 Å². The number of halogens is 1. The zero-order valence-corrected chi connectivity index (χ0v) is 20.3. The molecule has 2 heterocycles. The fourth-order valence-corrected chi connectivity index (χ4v) is 3.58. The molecule has 7 heteroatoms. The first-order valence-electron chi connectivity index (χ1n) is 10.6. The maximum Gasteiger partial charge on any atom is 0.191 e. The van der Waals surface area contributed by atoms with E-state index in [-0.39, 0.29) is 24.0 Å². The minimum atomic E-state index is 0. The van der Waals surface area contributed by atoms with Crippen LogP contribution in [-0.2, 0) is 13.2 Å². The van der Waals surface area contributed by atoms with Crippen molar-refractivity contribution in [1.82, 2.24) is 20.5 Å². The number of nitrogens with one attached hydrogen (secondary N) is 2. The Morgan fingerprint density at radius 2 is 2.03 bits per heavy atom. The summed E-state index contributed by atoms with van der Waals surface area (Å²) in [5.41, 5.74) is 2.08. The van der Waals surface area contributed by atoms with Crippen molar-refractivity contribution >= 4 is 29.9 Å². The molecule has 2 aromatic rings. The minimum absolute atomic E-state index is 0. The van der Waals surface area contributed by atoms with Crippen LogP contribution >= 0.6 is 24.0 Å². The van der Waals surface area contributed by atoms with Gasteiger partial charge in [0, 0.05) is 38.9 Å². The van der Waals surface area contributed by atoms with E-state index in [1.54, 1.807) is 6.20 Å². The molecule has 1 aromatic carbocycles. The smallest absolute Gasteiger partial charge is 0.191 e. The molecular formula is C23H34IN5O. The van der Waals surface area contributed by atoms with Crippen molar-refractivity contribution in [2.24, 2.45) is 4.99 Å². The Labute approximate surface area is 197 Å². The number of rotatable bonds is 8. The second-order valence-corrected chi connectivity index (χ2v) is 7.44. The van der Waals surface area contributed by atoms with Gasteiger partial charge in [0.15, 0.2) is 5.96 Å². The van der Waals surface area contributed by atoms with E-state index in [4.69, 9.17) is 4.74 Å². The lowest BCUT2D eigenvalue weighted by Crippen LogP contribution is -2.48. The lowest BCUT2D eigenvalue weighted by Gasteiger charge is -2.32. The number of hydrogen-bond acceptors (Lipinski definition) is 4. The third-order valence-corrected chi connectivity index (χ3v) is 5.16. The molecule has 1 fully saturated rings. The SMILES string of the molecule is CCCN1CCC(NC(=NC)NCc2cccc(OCc3ccccn3)c2)CC1.I. The van der Waals surface area contributed by atoms with Gasteiger partial charge in [0.05, 0.1) is 5.69 Å². The molecule has 164 valence electrons. The molecule has 2 N–H and O–H groups in total. The van der Waals surface area contributed by atoms with E-state index >= 15 is 0 Å². The van der Waals surface area contributed by atoms with Crippen LogP contribution in [0.1, 0.15) is 37.4 Å². The number of likely N-dealkylation sites (tertiary alicyclic amines) is 1. The van der Waals surface area contributed by atoms with E-state index in [9.17, 15) is 0 Å². The molecule has 0 atom stereocenters.